The molecule has 3 aromatic carbocycles. The van der Waals surface area contributed by atoms with E-state index in [-0.39, 0.29) is 33.7 Å². The van der Waals surface area contributed by atoms with E-state index in [0.717, 1.165) is 28.7 Å². The molecule has 0 heterocycles. The van der Waals surface area contributed by atoms with Crippen LogP contribution in [0.25, 0.3) is 0 Å². The SMILES string of the molecule is CCNC(=O)[C@@H](C)N(Cc1c(Cl)cccc1Cl)C(=O)CN(c1cccc(C(F)(F)F)c1)S(=O)(=O)c1ccc(C)cc1. The van der Waals surface area contributed by atoms with Crippen LogP contribution in [0.15, 0.2) is 71.6 Å². The van der Waals surface area contributed by atoms with Crippen molar-refractivity contribution in [3.63, 3.8) is 0 Å². The van der Waals surface area contributed by atoms with Crippen LogP contribution in [0.4, 0.5) is 18.9 Å². The van der Waals surface area contributed by atoms with Crippen molar-refractivity contribution in [2.45, 2.75) is 44.4 Å². The van der Waals surface area contributed by atoms with Gasteiger partial charge in [-0.1, -0.05) is 53.0 Å². The molecule has 0 aliphatic heterocycles. The predicted octanol–water partition coefficient (Wildman–Crippen LogP) is 6.07. The molecule has 0 saturated heterocycles. The lowest BCUT2D eigenvalue weighted by atomic mass is 10.1. The highest BCUT2D eigenvalue weighted by Gasteiger charge is 2.35. The third kappa shape index (κ3) is 7.72. The van der Waals surface area contributed by atoms with Crippen LogP contribution in [-0.4, -0.2) is 44.3 Å². The normalized spacial score (nSPS) is 12.5. The number of carbonyl (C=O) groups excluding carboxylic acids is 2. The van der Waals surface area contributed by atoms with Crippen molar-refractivity contribution in [1.29, 1.82) is 0 Å². The molecule has 13 heteroatoms. The Bertz CT molecular complexity index is 1500. The number of rotatable bonds is 10. The van der Waals surface area contributed by atoms with Crippen LogP contribution in [0, 0.1) is 6.92 Å². The quantitative estimate of drug-likeness (QED) is 0.295. The molecule has 1 atom stereocenters. The Morgan fingerprint density at radius 1 is 0.976 bits per heavy atom. The number of hydrogen-bond acceptors (Lipinski definition) is 4. The highest BCUT2D eigenvalue weighted by molar-refractivity contribution is 7.92. The summed E-state index contributed by atoms with van der Waals surface area (Å²) in [5.41, 5.74) is -0.409. The Balaban J connectivity index is 2.13. The average Bonchev–Trinajstić information content (AvgIpc) is 2.91. The van der Waals surface area contributed by atoms with E-state index in [2.05, 4.69) is 5.32 Å². The number of aryl methyl sites for hydroxylation is 1. The number of hydrogen-bond donors (Lipinski definition) is 1. The molecular formula is C28H28Cl2F3N3O4S. The number of benzene rings is 3. The minimum Gasteiger partial charge on any atom is -0.355 e. The molecule has 0 spiro atoms. The number of sulfonamides is 1. The Morgan fingerprint density at radius 2 is 1.56 bits per heavy atom. The summed E-state index contributed by atoms with van der Waals surface area (Å²) < 4.78 is 68.9. The zero-order valence-corrected chi connectivity index (χ0v) is 24.7. The summed E-state index contributed by atoms with van der Waals surface area (Å²) in [7, 11) is -4.54. The first kappa shape index (κ1) is 32.2. The highest BCUT2D eigenvalue weighted by Crippen LogP contribution is 2.34. The fourth-order valence-electron chi connectivity index (χ4n) is 3.96. The monoisotopic (exact) mass is 629 g/mol. The molecule has 1 N–H and O–H groups in total. The van der Waals surface area contributed by atoms with Gasteiger partial charge in [0.05, 0.1) is 16.1 Å². The van der Waals surface area contributed by atoms with Gasteiger partial charge in [0, 0.05) is 28.7 Å². The van der Waals surface area contributed by atoms with Gasteiger partial charge in [-0.05, 0) is 63.2 Å². The fraction of sp³-hybridized carbons (Fsp3) is 0.286. The van der Waals surface area contributed by atoms with Crippen molar-refractivity contribution in [2.75, 3.05) is 17.4 Å². The first-order chi connectivity index (χ1) is 19.2. The summed E-state index contributed by atoms with van der Waals surface area (Å²) >= 11 is 12.6. The van der Waals surface area contributed by atoms with E-state index < -0.39 is 46.2 Å². The summed E-state index contributed by atoms with van der Waals surface area (Å²) in [5.74, 6) is -1.40. The lowest BCUT2D eigenvalue weighted by Gasteiger charge is -2.32. The Labute approximate surface area is 246 Å². The Kier molecular flexibility index (Phi) is 10.3. The van der Waals surface area contributed by atoms with Crippen LogP contribution in [-0.2, 0) is 32.3 Å². The zero-order chi connectivity index (χ0) is 30.5. The number of nitrogens with zero attached hydrogens (tertiary/aromatic N) is 2. The zero-order valence-electron chi connectivity index (χ0n) is 22.4. The van der Waals surface area contributed by atoms with Gasteiger partial charge in [0.25, 0.3) is 10.0 Å². The number of nitrogens with one attached hydrogen (secondary N) is 1. The maximum atomic E-state index is 13.8. The van der Waals surface area contributed by atoms with Crippen molar-refractivity contribution in [2.24, 2.45) is 0 Å². The molecule has 3 aromatic rings. The average molecular weight is 631 g/mol. The van der Waals surface area contributed by atoms with Gasteiger partial charge in [-0.2, -0.15) is 13.2 Å². The maximum Gasteiger partial charge on any atom is 0.416 e. The minimum atomic E-state index is -4.76. The van der Waals surface area contributed by atoms with E-state index in [4.69, 9.17) is 23.2 Å². The standard InChI is InChI=1S/C28H28Cl2F3N3O4S/c1-4-34-27(38)19(3)35(16-23-24(29)9-6-10-25(23)30)26(37)17-36(21-8-5-7-20(15-21)28(31,32)33)41(39,40)22-13-11-18(2)12-14-22/h5-15,19H,4,16-17H2,1-3H3,(H,34,38)/t19-/m1/s1. The lowest BCUT2D eigenvalue weighted by molar-refractivity contribution is -0.139. The first-order valence-corrected chi connectivity index (χ1v) is 14.6. The third-order valence-corrected chi connectivity index (χ3v) is 8.75. The summed E-state index contributed by atoms with van der Waals surface area (Å²) in [6.07, 6.45) is -4.76. The van der Waals surface area contributed by atoms with Gasteiger partial charge in [0.15, 0.2) is 0 Å². The molecule has 2 amide bonds. The number of alkyl halides is 3. The van der Waals surface area contributed by atoms with E-state index in [1.165, 1.54) is 31.2 Å². The molecular weight excluding hydrogens is 602 g/mol. The van der Waals surface area contributed by atoms with Gasteiger partial charge >= 0.3 is 6.18 Å². The molecule has 0 aliphatic carbocycles. The summed E-state index contributed by atoms with van der Waals surface area (Å²) in [5, 5.41) is 3.03. The second kappa shape index (κ2) is 13.1. The molecule has 0 bridgehead atoms. The number of halogens is 5. The second-order valence-electron chi connectivity index (χ2n) is 9.17. The van der Waals surface area contributed by atoms with E-state index in [9.17, 15) is 31.2 Å². The molecule has 0 saturated carbocycles. The van der Waals surface area contributed by atoms with Gasteiger partial charge in [-0.25, -0.2) is 8.42 Å². The lowest BCUT2D eigenvalue weighted by Crippen LogP contribution is -2.51. The summed E-state index contributed by atoms with van der Waals surface area (Å²) in [4.78, 5) is 27.5. The van der Waals surface area contributed by atoms with E-state index >= 15 is 0 Å². The van der Waals surface area contributed by atoms with Gasteiger partial charge in [0.1, 0.15) is 12.6 Å². The Hall–Kier alpha value is -3.28. The van der Waals surface area contributed by atoms with Crippen molar-refractivity contribution in [3.8, 4) is 0 Å². The molecule has 3 rings (SSSR count). The van der Waals surface area contributed by atoms with Gasteiger partial charge in [-0.15, -0.1) is 0 Å². The molecule has 7 nitrogen and oxygen atoms in total. The van der Waals surface area contributed by atoms with E-state index in [0.29, 0.717) is 15.9 Å². The van der Waals surface area contributed by atoms with E-state index in [1.807, 2.05) is 0 Å². The molecule has 0 aliphatic rings. The molecule has 41 heavy (non-hydrogen) atoms. The van der Waals surface area contributed by atoms with Crippen LogP contribution < -0.4 is 9.62 Å². The summed E-state index contributed by atoms with van der Waals surface area (Å²) in [6.45, 7) is 3.95. The van der Waals surface area contributed by atoms with Crippen LogP contribution in [0.3, 0.4) is 0 Å². The van der Waals surface area contributed by atoms with Crippen LogP contribution in [0.1, 0.15) is 30.5 Å². The number of anilines is 1. The molecule has 0 aromatic heterocycles. The highest BCUT2D eigenvalue weighted by atomic mass is 35.5. The van der Waals surface area contributed by atoms with Crippen LogP contribution in [0.2, 0.25) is 10.0 Å². The number of carbonyl (C=O) groups is 2. The molecule has 220 valence electrons. The third-order valence-electron chi connectivity index (χ3n) is 6.26. The smallest absolute Gasteiger partial charge is 0.355 e. The van der Waals surface area contributed by atoms with Crippen LogP contribution in [0.5, 0.6) is 0 Å². The minimum absolute atomic E-state index is 0.209. The van der Waals surface area contributed by atoms with Crippen molar-refractivity contribution >= 4 is 50.7 Å². The Morgan fingerprint density at radius 3 is 2.12 bits per heavy atom. The first-order valence-electron chi connectivity index (χ1n) is 12.4. The fourth-order valence-corrected chi connectivity index (χ4v) is 5.88. The van der Waals surface area contributed by atoms with Crippen molar-refractivity contribution in [1.82, 2.24) is 10.2 Å². The molecule has 0 radical (unpaired) electrons. The van der Waals surface area contributed by atoms with Crippen LogP contribution >= 0.6 is 23.2 Å². The van der Waals surface area contributed by atoms with Gasteiger partial charge in [0.2, 0.25) is 11.8 Å². The number of amides is 2. The maximum absolute atomic E-state index is 13.8. The predicted molar refractivity (Wildman–Crippen MR) is 152 cm³/mol. The van der Waals surface area contributed by atoms with Gasteiger partial charge in [-0.3, -0.25) is 13.9 Å². The molecule has 0 fully saturated rings. The topological polar surface area (TPSA) is 86.8 Å². The van der Waals surface area contributed by atoms with Gasteiger partial charge < -0.3 is 10.2 Å². The molecule has 0 unspecified atom stereocenters. The van der Waals surface area contributed by atoms with E-state index in [1.54, 1.807) is 32.0 Å². The summed E-state index contributed by atoms with van der Waals surface area (Å²) in [6, 6.07) is 12.9. The largest absolute Gasteiger partial charge is 0.416 e. The van der Waals surface area contributed by atoms with Crippen molar-refractivity contribution < 1.29 is 31.2 Å². The van der Waals surface area contributed by atoms with Crippen molar-refractivity contribution in [3.05, 3.63) is 93.5 Å². The second-order valence-corrected chi connectivity index (χ2v) is 11.8. The number of likely N-dealkylation sites (N-methyl/N-ethyl adjacent to an activating group) is 1.